The number of halogens is 2. The van der Waals surface area contributed by atoms with Crippen LogP contribution in [0.25, 0.3) is 0 Å². The molecule has 0 aliphatic rings. The number of nitrogens with one attached hydrogen (secondary N) is 1. The van der Waals surface area contributed by atoms with E-state index < -0.39 is 0 Å². The number of amides is 2. The van der Waals surface area contributed by atoms with Crippen LogP contribution in [-0.4, -0.2) is 24.5 Å². The van der Waals surface area contributed by atoms with Crippen molar-refractivity contribution in [3.63, 3.8) is 0 Å². The Kier molecular flexibility index (Phi) is 5.48. The Balaban J connectivity index is 1.90. The van der Waals surface area contributed by atoms with Crippen LogP contribution >= 0.6 is 23.2 Å². The van der Waals surface area contributed by atoms with Gasteiger partial charge in [0, 0.05) is 29.3 Å². The fourth-order valence-corrected chi connectivity index (χ4v) is 2.41. The van der Waals surface area contributed by atoms with Crippen LogP contribution in [-0.2, 0) is 6.42 Å². The number of likely N-dealkylation sites (N-methyl/N-ethyl adjacent to an activating group) is 1. The van der Waals surface area contributed by atoms with Crippen molar-refractivity contribution < 1.29 is 4.79 Å². The lowest BCUT2D eigenvalue weighted by Crippen LogP contribution is -2.32. The smallest absolute Gasteiger partial charge is 0.321 e. The van der Waals surface area contributed by atoms with Gasteiger partial charge in [-0.05, 0) is 30.2 Å². The summed E-state index contributed by atoms with van der Waals surface area (Å²) in [4.78, 5) is 13.7. The minimum absolute atomic E-state index is 0.190. The molecule has 2 aromatic carbocycles. The molecule has 2 amide bonds. The molecule has 3 nitrogen and oxygen atoms in total. The molecule has 0 saturated heterocycles. The van der Waals surface area contributed by atoms with Crippen molar-refractivity contribution in [2.24, 2.45) is 0 Å². The largest absolute Gasteiger partial charge is 0.327 e. The van der Waals surface area contributed by atoms with Crippen molar-refractivity contribution >= 4 is 34.9 Å². The first-order valence-corrected chi connectivity index (χ1v) is 7.32. The Morgan fingerprint density at radius 1 is 1.10 bits per heavy atom. The fourth-order valence-electron chi connectivity index (χ4n) is 1.89. The summed E-state index contributed by atoms with van der Waals surface area (Å²) in [6.07, 6.45) is 0.807. The Morgan fingerprint density at radius 2 is 1.71 bits per heavy atom. The third-order valence-corrected chi connectivity index (χ3v) is 3.48. The number of carbonyl (C=O) groups is 1. The van der Waals surface area contributed by atoms with E-state index in [1.807, 2.05) is 30.3 Å². The van der Waals surface area contributed by atoms with Crippen LogP contribution in [0.1, 0.15) is 5.56 Å². The molecule has 0 saturated carbocycles. The zero-order valence-electron chi connectivity index (χ0n) is 11.6. The number of hydrogen-bond acceptors (Lipinski definition) is 1. The van der Waals surface area contributed by atoms with E-state index in [1.165, 1.54) is 5.56 Å². The minimum Gasteiger partial charge on any atom is -0.327 e. The Labute approximate surface area is 134 Å². The number of hydrogen-bond donors (Lipinski definition) is 1. The molecule has 2 aromatic rings. The number of anilines is 1. The van der Waals surface area contributed by atoms with Gasteiger partial charge in [-0.1, -0.05) is 53.5 Å². The first-order valence-electron chi connectivity index (χ1n) is 6.57. The quantitative estimate of drug-likeness (QED) is 0.869. The van der Waals surface area contributed by atoms with Crippen LogP contribution in [0, 0.1) is 0 Å². The molecule has 21 heavy (non-hydrogen) atoms. The summed E-state index contributed by atoms with van der Waals surface area (Å²) in [6, 6.07) is 14.8. The maximum atomic E-state index is 12.1. The highest BCUT2D eigenvalue weighted by atomic mass is 35.5. The summed E-state index contributed by atoms with van der Waals surface area (Å²) >= 11 is 11.8. The number of rotatable bonds is 4. The molecule has 0 aromatic heterocycles. The average Bonchev–Trinajstić information content (AvgIpc) is 2.44. The fraction of sp³-hybridized carbons (Fsp3) is 0.188. The van der Waals surface area contributed by atoms with Crippen molar-refractivity contribution in [2.75, 3.05) is 18.9 Å². The first-order chi connectivity index (χ1) is 10.0. The van der Waals surface area contributed by atoms with Crippen molar-refractivity contribution in [1.29, 1.82) is 0 Å². The maximum absolute atomic E-state index is 12.1. The lowest BCUT2D eigenvalue weighted by atomic mass is 10.1. The van der Waals surface area contributed by atoms with Gasteiger partial charge >= 0.3 is 6.03 Å². The molecule has 0 atom stereocenters. The van der Waals surface area contributed by atoms with Crippen molar-refractivity contribution in [2.45, 2.75) is 6.42 Å². The van der Waals surface area contributed by atoms with E-state index in [-0.39, 0.29) is 6.03 Å². The standard InChI is InChI=1S/C16H16Cl2N2O/c1-20(8-7-12-5-3-2-4-6-12)16(21)19-15-10-13(17)9-14(18)11-15/h2-6,9-11H,7-8H2,1H3,(H,19,21). The van der Waals surface area contributed by atoms with Gasteiger partial charge in [0.1, 0.15) is 0 Å². The van der Waals surface area contributed by atoms with Crippen LogP contribution in [0.4, 0.5) is 10.5 Å². The van der Waals surface area contributed by atoms with Crippen molar-refractivity contribution in [3.05, 3.63) is 64.1 Å². The van der Waals surface area contributed by atoms with Gasteiger partial charge in [-0.15, -0.1) is 0 Å². The Bertz CT molecular complexity index is 597. The first kappa shape index (κ1) is 15.7. The topological polar surface area (TPSA) is 32.3 Å². The lowest BCUT2D eigenvalue weighted by Gasteiger charge is -2.18. The van der Waals surface area contributed by atoms with E-state index in [2.05, 4.69) is 5.32 Å². The molecule has 0 radical (unpaired) electrons. The zero-order chi connectivity index (χ0) is 15.2. The van der Waals surface area contributed by atoms with Gasteiger partial charge in [-0.25, -0.2) is 4.79 Å². The molecule has 0 aliphatic carbocycles. The molecule has 0 heterocycles. The summed E-state index contributed by atoms with van der Waals surface area (Å²) in [5, 5.41) is 3.76. The van der Waals surface area contributed by atoms with E-state index in [0.29, 0.717) is 22.3 Å². The van der Waals surface area contributed by atoms with Crippen molar-refractivity contribution in [3.8, 4) is 0 Å². The van der Waals surface area contributed by atoms with Gasteiger partial charge in [0.2, 0.25) is 0 Å². The van der Waals surface area contributed by atoms with E-state index in [1.54, 1.807) is 30.1 Å². The van der Waals surface area contributed by atoms with E-state index in [0.717, 1.165) is 6.42 Å². The maximum Gasteiger partial charge on any atom is 0.321 e. The second-order valence-corrected chi connectivity index (χ2v) is 5.62. The molecule has 110 valence electrons. The SMILES string of the molecule is CN(CCc1ccccc1)C(=O)Nc1cc(Cl)cc(Cl)c1. The molecular weight excluding hydrogens is 307 g/mol. The second kappa shape index (κ2) is 7.34. The van der Waals surface area contributed by atoms with Gasteiger partial charge in [-0.3, -0.25) is 0 Å². The average molecular weight is 323 g/mol. The van der Waals surface area contributed by atoms with Crippen LogP contribution in [0.5, 0.6) is 0 Å². The summed E-state index contributed by atoms with van der Waals surface area (Å²) in [6.45, 7) is 0.629. The Hall–Kier alpha value is -1.71. The number of nitrogens with zero attached hydrogens (tertiary/aromatic N) is 1. The highest BCUT2D eigenvalue weighted by Gasteiger charge is 2.09. The highest BCUT2D eigenvalue weighted by Crippen LogP contribution is 2.22. The van der Waals surface area contributed by atoms with Gasteiger partial charge in [0.15, 0.2) is 0 Å². The predicted molar refractivity (Wildman–Crippen MR) is 88.3 cm³/mol. The molecule has 0 fully saturated rings. The van der Waals surface area contributed by atoms with Crippen molar-refractivity contribution in [1.82, 2.24) is 4.90 Å². The molecule has 0 spiro atoms. The van der Waals surface area contributed by atoms with Crippen LogP contribution < -0.4 is 5.32 Å². The van der Waals surface area contributed by atoms with E-state index in [4.69, 9.17) is 23.2 Å². The van der Waals surface area contributed by atoms with Crippen LogP contribution in [0.2, 0.25) is 10.0 Å². The van der Waals surface area contributed by atoms with Gasteiger partial charge in [0.25, 0.3) is 0 Å². The number of urea groups is 1. The van der Waals surface area contributed by atoms with Gasteiger partial charge in [-0.2, -0.15) is 0 Å². The highest BCUT2D eigenvalue weighted by molar-refractivity contribution is 6.35. The molecule has 0 bridgehead atoms. The number of carbonyl (C=O) groups excluding carboxylic acids is 1. The third-order valence-electron chi connectivity index (χ3n) is 3.04. The monoisotopic (exact) mass is 322 g/mol. The normalized spacial score (nSPS) is 10.2. The molecule has 1 N–H and O–H groups in total. The number of benzene rings is 2. The summed E-state index contributed by atoms with van der Waals surface area (Å²) in [7, 11) is 1.75. The molecule has 5 heteroatoms. The molecule has 0 unspecified atom stereocenters. The summed E-state index contributed by atoms with van der Waals surface area (Å²) in [5.74, 6) is 0. The van der Waals surface area contributed by atoms with E-state index in [9.17, 15) is 4.79 Å². The minimum atomic E-state index is -0.190. The third kappa shape index (κ3) is 4.96. The van der Waals surface area contributed by atoms with Gasteiger partial charge in [0.05, 0.1) is 0 Å². The summed E-state index contributed by atoms with van der Waals surface area (Å²) < 4.78 is 0. The predicted octanol–water partition coefficient (Wildman–Crippen LogP) is 4.70. The lowest BCUT2D eigenvalue weighted by molar-refractivity contribution is 0.223. The van der Waals surface area contributed by atoms with Gasteiger partial charge < -0.3 is 10.2 Å². The zero-order valence-corrected chi connectivity index (χ0v) is 13.2. The summed E-state index contributed by atoms with van der Waals surface area (Å²) in [5.41, 5.74) is 1.78. The molecular formula is C16H16Cl2N2O. The van der Waals surface area contributed by atoms with E-state index >= 15 is 0 Å². The second-order valence-electron chi connectivity index (χ2n) is 4.75. The molecule has 2 rings (SSSR count). The Morgan fingerprint density at radius 3 is 2.33 bits per heavy atom. The van der Waals surface area contributed by atoms with Crippen LogP contribution in [0.3, 0.4) is 0 Å². The van der Waals surface area contributed by atoms with Crippen LogP contribution in [0.15, 0.2) is 48.5 Å². The molecule has 0 aliphatic heterocycles.